The Hall–Kier alpha value is 0.0600. The van der Waals surface area contributed by atoms with Crippen molar-refractivity contribution in [1.82, 2.24) is 5.32 Å². The Morgan fingerprint density at radius 1 is 1.71 bits per heavy atom. The van der Waals surface area contributed by atoms with E-state index in [1.165, 1.54) is 4.88 Å². The van der Waals surface area contributed by atoms with Gasteiger partial charge in [0.2, 0.25) is 0 Å². The lowest BCUT2D eigenvalue weighted by atomic mass is 10.3. The summed E-state index contributed by atoms with van der Waals surface area (Å²) < 4.78 is 6.06. The zero-order valence-corrected chi connectivity index (χ0v) is 10.4. The van der Waals surface area contributed by atoms with Crippen molar-refractivity contribution in [2.75, 3.05) is 20.3 Å². The van der Waals surface area contributed by atoms with Crippen molar-refractivity contribution in [1.29, 1.82) is 0 Å². The first-order chi connectivity index (χ1) is 6.76. The summed E-state index contributed by atoms with van der Waals surface area (Å²) in [5, 5.41) is 14.2. The van der Waals surface area contributed by atoms with Crippen molar-refractivity contribution in [2.24, 2.45) is 0 Å². The molecule has 0 spiro atoms. The first kappa shape index (κ1) is 12.1. The summed E-state index contributed by atoms with van der Waals surface area (Å²) in [7, 11) is 1.63. The molecule has 2 N–H and O–H groups in total. The minimum absolute atomic E-state index is 0.0147. The molecule has 3 nitrogen and oxygen atoms in total. The van der Waals surface area contributed by atoms with Gasteiger partial charge in [-0.1, -0.05) is 0 Å². The van der Waals surface area contributed by atoms with Gasteiger partial charge < -0.3 is 15.2 Å². The van der Waals surface area contributed by atoms with Crippen molar-refractivity contribution in [3.8, 4) is 0 Å². The van der Waals surface area contributed by atoms with Gasteiger partial charge in [0.15, 0.2) is 0 Å². The Morgan fingerprint density at radius 2 is 2.50 bits per heavy atom. The van der Waals surface area contributed by atoms with Gasteiger partial charge in [-0.05, 0) is 22.0 Å². The van der Waals surface area contributed by atoms with Crippen LogP contribution in [0.1, 0.15) is 4.88 Å². The fraction of sp³-hybridized carbons (Fsp3) is 0.556. The van der Waals surface area contributed by atoms with Crippen LogP contribution >= 0.6 is 27.3 Å². The third-order valence-corrected chi connectivity index (χ3v) is 3.47. The van der Waals surface area contributed by atoms with E-state index in [-0.39, 0.29) is 12.6 Å². The number of ether oxygens (including phenoxy) is 1. The van der Waals surface area contributed by atoms with E-state index in [1.54, 1.807) is 18.4 Å². The maximum absolute atomic E-state index is 8.99. The smallest absolute Gasteiger partial charge is 0.0638 e. The summed E-state index contributed by atoms with van der Waals surface area (Å²) in [4.78, 5) is 1.24. The van der Waals surface area contributed by atoms with Gasteiger partial charge in [-0.2, -0.15) is 0 Å². The predicted octanol–water partition coefficient (Wildman–Crippen LogP) is 1.61. The Labute approximate surface area is 96.2 Å². The summed E-state index contributed by atoms with van der Waals surface area (Å²) in [5.41, 5.74) is 0. The number of halogens is 1. The number of thiophene rings is 1. The first-order valence-corrected chi connectivity index (χ1v) is 5.99. The van der Waals surface area contributed by atoms with Gasteiger partial charge in [0.1, 0.15) is 0 Å². The second-order valence-electron chi connectivity index (χ2n) is 2.95. The van der Waals surface area contributed by atoms with Crippen molar-refractivity contribution in [2.45, 2.75) is 12.6 Å². The van der Waals surface area contributed by atoms with Crippen LogP contribution in [0.15, 0.2) is 15.9 Å². The summed E-state index contributed by atoms with van der Waals surface area (Å²) >= 11 is 5.08. The SMILES string of the molecule is COCC(CO)NCc1cc(Br)cs1. The second kappa shape index (κ2) is 6.53. The third-order valence-electron chi connectivity index (χ3n) is 1.77. The standard InChI is InChI=1S/C9H14BrNO2S/c1-13-5-8(4-12)11-3-9-2-7(10)6-14-9/h2,6,8,11-12H,3-5H2,1H3. The van der Waals surface area contributed by atoms with Crippen LogP contribution in [0.4, 0.5) is 0 Å². The molecule has 1 heterocycles. The third kappa shape index (κ3) is 4.06. The van der Waals surface area contributed by atoms with E-state index in [0.717, 1.165) is 11.0 Å². The van der Waals surface area contributed by atoms with Crippen LogP contribution < -0.4 is 5.32 Å². The van der Waals surface area contributed by atoms with E-state index >= 15 is 0 Å². The van der Waals surface area contributed by atoms with Gasteiger partial charge >= 0.3 is 0 Å². The van der Waals surface area contributed by atoms with Gasteiger partial charge in [-0.25, -0.2) is 0 Å². The quantitative estimate of drug-likeness (QED) is 0.832. The van der Waals surface area contributed by atoms with Crippen molar-refractivity contribution >= 4 is 27.3 Å². The van der Waals surface area contributed by atoms with Gasteiger partial charge in [-0.15, -0.1) is 11.3 Å². The van der Waals surface area contributed by atoms with E-state index in [2.05, 4.69) is 27.3 Å². The summed E-state index contributed by atoms with van der Waals surface area (Å²) in [6.07, 6.45) is 0. The zero-order valence-electron chi connectivity index (χ0n) is 8.00. The van der Waals surface area contributed by atoms with Crippen molar-refractivity contribution in [3.63, 3.8) is 0 Å². The molecule has 0 aliphatic heterocycles. The first-order valence-electron chi connectivity index (χ1n) is 4.32. The molecule has 0 aliphatic carbocycles. The van der Waals surface area contributed by atoms with Gasteiger partial charge in [0, 0.05) is 28.4 Å². The highest BCUT2D eigenvalue weighted by Gasteiger charge is 2.06. The average molecular weight is 280 g/mol. The lowest BCUT2D eigenvalue weighted by Crippen LogP contribution is -2.35. The highest BCUT2D eigenvalue weighted by molar-refractivity contribution is 9.10. The minimum atomic E-state index is 0.0147. The van der Waals surface area contributed by atoms with Crippen LogP contribution in [0.25, 0.3) is 0 Å². The van der Waals surface area contributed by atoms with Crippen LogP contribution in [0.2, 0.25) is 0 Å². The van der Waals surface area contributed by atoms with E-state index in [9.17, 15) is 0 Å². The normalized spacial score (nSPS) is 13.1. The van der Waals surface area contributed by atoms with E-state index in [1.807, 2.05) is 5.38 Å². The molecule has 1 rings (SSSR count). The molecule has 0 bridgehead atoms. The van der Waals surface area contributed by atoms with E-state index in [4.69, 9.17) is 9.84 Å². The summed E-state index contributed by atoms with van der Waals surface area (Å²) in [5.74, 6) is 0. The summed E-state index contributed by atoms with van der Waals surface area (Å²) in [6, 6.07) is 2.08. The van der Waals surface area contributed by atoms with Crippen LogP contribution in [0.5, 0.6) is 0 Å². The molecule has 0 aromatic carbocycles. The molecular weight excluding hydrogens is 266 g/mol. The highest BCUT2D eigenvalue weighted by atomic mass is 79.9. The molecule has 0 saturated heterocycles. The topological polar surface area (TPSA) is 41.5 Å². The predicted molar refractivity (Wildman–Crippen MR) is 61.6 cm³/mol. The highest BCUT2D eigenvalue weighted by Crippen LogP contribution is 2.19. The molecule has 0 radical (unpaired) electrons. The molecule has 1 aromatic rings. The molecule has 0 amide bonds. The second-order valence-corrected chi connectivity index (χ2v) is 4.86. The van der Waals surface area contributed by atoms with Gasteiger partial charge in [0.05, 0.1) is 19.3 Å². The van der Waals surface area contributed by atoms with E-state index in [0.29, 0.717) is 6.61 Å². The maximum atomic E-state index is 8.99. The number of aliphatic hydroxyl groups is 1. The Kier molecular flexibility index (Phi) is 5.66. The summed E-state index contributed by atoms with van der Waals surface area (Å²) in [6.45, 7) is 1.40. The number of hydrogen-bond acceptors (Lipinski definition) is 4. The zero-order chi connectivity index (χ0) is 10.4. The fourth-order valence-corrected chi connectivity index (χ4v) is 2.47. The van der Waals surface area contributed by atoms with Crippen molar-refractivity contribution in [3.05, 3.63) is 20.8 Å². The largest absolute Gasteiger partial charge is 0.395 e. The Balaban J connectivity index is 2.31. The van der Waals surface area contributed by atoms with Crippen LogP contribution in [-0.4, -0.2) is 31.5 Å². The van der Waals surface area contributed by atoms with Crippen molar-refractivity contribution < 1.29 is 9.84 Å². The molecule has 1 atom stereocenters. The molecular formula is C9H14BrNO2S. The average Bonchev–Trinajstić information content (AvgIpc) is 2.59. The lowest BCUT2D eigenvalue weighted by molar-refractivity contribution is 0.128. The Bertz CT molecular complexity index is 267. The number of methoxy groups -OCH3 is 1. The van der Waals surface area contributed by atoms with E-state index < -0.39 is 0 Å². The molecule has 0 fully saturated rings. The number of hydrogen-bond donors (Lipinski definition) is 2. The lowest BCUT2D eigenvalue weighted by Gasteiger charge is -2.14. The monoisotopic (exact) mass is 279 g/mol. The number of nitrogens with one attached hydrogen (secondary N) is 1. The van der Waals surface area contributed by atoms with Gasteiger partial charge in [-0.3, -0.25) is 0 Å². The Morgan fingerprint density at radius 3 is 3.00 bits per heavy atom. The molecule has 80 valence electrons. The molecule has 1 unspecified atom stereocenters. The number of aliphatic hydroxyl groups excluding tert-OH is 1. The van der Waals surface area contributed by atoms with Crippen LogP contribution in [-0.2, 0) is 11.3 Å². The molecule has 0 aliphatic rings. The van der Waals surface area contributed by atoms with Crippen LogP contribution in [0.3, 0.4) is 0 Å². The maximum Gasteiger partial charge on any atom is 0.0638 e. The number of rotatable bonds is 6. The fourth-order valence-electron chi connectivity index (χ4n) is 1.07. The van der Waals surface area contributed by atoms with Gasteiger partial charge in [0.25, 0.3) is 0 Å². The minimum Gasteiger partial charge on any atom is -0.395 e. The molecule has 14 heavy (non-hydrogen) atoms. The molecule has 0 saturated carbocycles. The molecule has 5 heteroatoms. The van der Waals surface area contributed by atoms with Crippen LogP contribution in [0, 0.1) is 0 Å². The molecule has 1 aromatic heterocycles.